The molecule has 0 heterocycles. The van der Waals surface area contributed by atoms with Crippen molar-refractivity contribution in [2.45, 2.75) is 26.2 Å². The Morgan fingerprint density at radius 2 is 1.54 bits per heavy atom. The van der Waals surface area contributed by atoms with E-state index in [-0.39, 0.29) is 13.2 Å². The van der Waals surface area contributed by atoms with Gasteiger partial charge in [-0.1, -0.05) is 48.5 Å². The van der Waals surface area contributed by atoms with Crippen LogP contribution < -0.4 is 10.5 Å². The minimum atomic E-state index is -3.46. The molecule has 0 aliphatic rings. The van der Waals surface area contributed by atoms with Gasteiger partial charge in [0.1, 0.15) is 18.1 Å². The van der Waals surface area contributed by atoms with Gasteiger partial charge < -0.3 is 19.5 Å². The van der Waals surface area contributed by atoms with E-state index in [1.165, 1.54) is 0 Å². The molecule has 0 radical (unpaired) electrons. The highest BCUT2D eigenvalue weighted by Crippen LogP contribution is 2.59. The van der Waals surface area contributed by atoms with Gasteiger partial charge in [-0.2, -0.15) is 0 Å². The van der Waals surface area contributed by atoms with Gasteiger partial charge in [-0.25, -0.2) is 0 Å². The zero-order valence-corrected chi connectivity index (χ0v) is 14.9. The molecule has 1 atom stereocenters. The van der Waals surface area contributed by atoms with E-state index >= 15 is 0 Å². The SMILES string of the molecule is CCOP(=O)(OCC)[C@@H](N)c1ccccc1OCc1ccccc1. The molecule has 0 bridgehead atoms. The smallest absolute Gasteiger partial charge is 0.351 e. The van der Waals surface area contributed by atoms with E-state index in [2.05, 4.69) is 0 Å². The van der Waals surface area contributed by atoms with Gasteiger partial charge in [0, 0.05) is 5.56 Å². The second kappa shape index (κ2) is 9.00. The second-order valence-corrected chi connectivity index (χ2v) is 7.28. The summed E-state index contributed by atoms with van der Waals surface area (Å²) < 4.78 is 29.5. The van der Waals surface area contributed by atoms with Crippen LogP contribution in [0.15, 0.2) is 54.6 Å². The van der Waals surface area contributed by atoms with Crippen LogP contribution in [0.4, 0.5) is 0 Å². The molecule has 0 spiro atoms. The average molecular weight is 349 g/mol. The lowest BCUT2D eigenvalue weighted by Gasteiger charge is -2.25. The molecule has 24 heavy (non-hydrogen) atoms. The molecule has 2 N–H and O–H groups in total. The molecule has 0 aliphatic carbocycles. The van der Waals surface area contributed by atoms with Crippen LogP contribution in [-0.4, -0.2) is 13.2 Å². The van der Waals surface area contributed by atoms with Crippen LogP contribution in [0.3, 0.4) is 0 Å². The molecule has 0 saturated carbocycles. The lowest BCUT2D eigenvalue weighted by molar-refractivity contribution is 0.211. The standard InChI is InChI=1S/C18H24NO4P/c1-3-22-24(20,23-4-2)18(19)16-12-8-9-13-17(16)21-14-15-10-6-5-7-11-15/h5-13,18H,3-4,14,19H2,1-2H3/t18-/m1/s1. The third kappa shape index (κ3) is 4.68. The van der Waals surface area contributed by atoms with Gasteiger partial charge in [-0.15, -0.1) is 0 Å². The van der Waals surface area contributed by atoms with Crippen LogP contribution in [0.25, 0.3) is 0 Å². The highest BCUT2D eigenvalue weighted by Gasteiger charge is 2.35. The predicted molar refractivity (Wildman–Crippen MR) is 95.0 cm³/mol. The van der Waals surface area contributed by atoms with Crippen LogP contribution in [-0.2, 0) is 20.2 Å². The molecular formula is C18H24NO4P. The molecule has 6 heteroatoms. The van der Waals surface area contributed by atoms with Crippen molar-refractivity contribution in [2.75, 3.05) is 13.2 Å². The number of para-hydroxylation sites is 1. The van der Waals surface area contributed by atoms with E-state index in [9.17, 15) is 4.57 Å². The molecule has 0 aliphatic heterocycles. The van der Waals surface area contributed by atoms with Gasteiger partial charge in [-0.3, -0.25) is 4.57 Å². The topological polar surface area (TPSA) is 70.8 Å². The van der Waals surface area contributed by atoms with Gasteiger partial charge in [-0.05, 0) is 25.5 Å². The molecule has 5 nitrogen and oxygen atoms in total. The molecule has 2 aromatic carbocycles. The monoisotopic (exact) mass is 349 g/mol. The van der Waals surface area contributed by atoms with Crippen LogP contribution in [0.2, 0.25) is 0 Å². The maximum Gasteiger partial charge on any atom is 0.351 e. The van der Waals surface area contributed by atoms with Crippen molar-refractivity contribution in [3.8, 4) is 5.75 Å². The second-order valence-electron chi connectivity index (χ2n) is 5.13. The number of benzene rings is 2. The Morgan fingerprint density at radius 1 is 0.958 bits per heavy atom. The van der Waals surface area contributed by atoms with Crippen LogP contribution in [0.1, 0.15) is 30.8 Å². The van der Waals surface area contributed by atoms with E-state index in [0.29, 0.717) is 17.9 Å². The first kappa shape index (κ1) is 18.7. The quantitative estimate of drug-likeness (QED) is 0.676. The highest BCUT2D eigenvalue weighted by atomic mass is 31.2. The highest BCUT2D eigenvalue weighted by molar-refractivity contribution is 7.54. The molecule has 0 unspecified atom stereocenters. The lowest BCUT2D eigenvalue weighted by atomic mass is 10.2. The first-order chi connectivity index (χ1) is 11.6. The molecule has 130 valence electrons. The van der Waals surface area contributed by atoms with Crippen LogP contribution >= 0.6 is 7.60 Å². The summed E-state index contributed by atoms with van der Waals surface area (Å²) >= 11 is 0. The maximum absolute atomic E-state index is 12.9. The van der Waals surface area contributed by atoms with E-state index in [4.69, 9.17) is 19.5 Å². The molecule has 2 rings (SSSR count). The fourth-order valence-electron chi connectivity index (χ4n) is 2.32. The van der Waals surface area contributed by atoms with Gasteiger partial charge >= 0.3 is 7.60 Å². The zero-order chi connectivity index (χ0) is 17.4. The molecule has 0 fully saturated rings. The number of nitrogens with two attached hydrogens (primary N) is 1. The Hall–Kier alpha value is -1.65. The number of hydrogen-bond donors (Lipinski definition) is 1. The Kier molecular flexibility index (Phi) is 7.00. The van der Waals surface area contributed by atoms with E-state index < -0.39 is 13.4 Å². The first-order valence-electron chi connectivity index (χ1n) is 8.00. The van der Waals surface area contributed by atoms with Crippen molar-refractivity contribution < 1.29 is 18.3 Å². The molecule has 0 saturated heterocycles. The fourth-order valence-corrected chi connectivity index (χ4v) is 3.99. The Labute approximate surface area is 143 Å². The lowest BCUT2D eigenvalue weighted by Crippen LogP contribution is -2.16. The van der Waals surface area contributed by atoms with Crippen molar-refractivity contribution in [3.63, 3.8) is 0 Å². The minimum absolute atomic E-state index is 0.262. The summed E-state index contributed by atoms with van der Waals surface area (Å²) in [6.45, 7) is 4.45. The summed E-state index contributed by atoms with van der Waals surface area (Å²) in [7, 11) is -3.46. The molecule has 2 aromatic rings. The third-order valence-electron chi connectivity index (χ3n) is 3.43. The summed E-state index contributed by atoms with van der Waals surface area (Å²) in [6, 6.07) is 17.1. The first-order valence-corrected chi connectivity index (χ1v) is 9.62. The summed E-state index contributed by atoms with van der Waals surface area (Å²) in [5, 5.41) is 0. The number of ether oxygens (including phenoxy) is 1. The number of hydrogen-bond acceptors (Lipinski definition) is 5. The number of rotatable bonds is 9. The van der Waals surface area contributed by atoms with Crippen molar-refractivity contribution in [3.05, 3.63) is 65.7 Å². The van der Waals surface area contributed by atoms with Gasteiger partial charge in [0.25, 0.3) is 0 Å². The van der Waals surface area contributed by atoms with E-state index in [1.807, 2.05) is 42.5 Å². The molecular weight excluding hydrogens is 325 g/mol. The van der Waals surface area contributed by atoms with Gasteiger partial charge in [0.15, 0.2) is 0 Å². The van der Waals surface area contributed by atoms with E-state index in [0.717, 1.165) is 5.56 Å². The Bertz CT molecular complexity index is 668. The third-order valence-corrected chi connectivity index (χ3v) is 5.63. The zero-order valence-electron chi connectivity index (χ0n) is 14.1. The molecule has 0 amide bonds. The summed E-state index contributed by atoms with van der Waals surface area (Å²) in [4.78, 5) is 0. The summed E-state index contributed by atoms with van der Waals surface area (Å²) in [6.07, 6.45) is 0. The Balaban J connectivity index is 2.22. The van der Waals surface area contributed by atoms with Crippen molar-refractivity contribution in [1.82, 2.24) is 0 Å². The maximum atomic E-state index is 12.9. The van der Waals surface area contributed by atoms with Crippen molar-refractivity contribution in [1.29, 1.82) is 0 Å². The molecule has 0 aromatic heterocycles. The minimum Gasteiger partial charge on any atom is -0.489 e. The van der Waals surface area contributed by atoms with Crippen LogP contribution in [0.5, 0.6) is 5.75 Å². The predicted octanol–water partition coefficient (Wildman–Crippen LogP) is 4.49. The average Bonchev–Trinajstić information content (AvgIpc) is 2.61. The largest absolute Gasteiger partial charge is 0.489 e. The van der Waals surface area contributed by atoms with Crippen molar-refractivity contribution >= 4 is 7.60 Å². The van der Waals surface area contributed by atoms with Crippen molar-refractivity contribution in [2.24, 2.45) is 5.73 Å². The van der Waals surface area contributed by atoms with Gasteiger partial charge in [0.05, 0.1) is 13.2 Å². The summed E-state index contributed by atoms with van der Waals surface area (Å²) in [5.41, 5.74) is 7.87. The van der Waals surface area contributed by atoms with Gasteiger partial charge in [0.2, 0.25) is 0 Å². The summed E-state index contributed by atoms with van der Waals surface area (Å²) in [5.74, 6) is -0.321. The van der Waals surface area contributed by atoms with Crippen LogP contribution in [0, 0.1) is 0 Å². The van der Waals surface area contributed by atoms with E-state index in [1.54, 1.807) is 26.0 Å². The normalized spacial score (nSPS) is 12.8. The Morgan fingerprint density at radius 3 is 2.17 bits per heavy atom. The fraction of sp³-hybridized carbons (Fsp3) is 0.333.